The van der Waals surface area contributed by atoms with Crippen LogP contribution < -0.4 is 0 Å². The highest BCUT2D eigenvalue weighted by atomic mass is 32.2. The summed E-state index contributed by atoms with van der Waals surface area (Å²) in [5.74, 6) is -5.43. The number of ether oxygens (including phenoxy) is 9. The molecule has 0 saturated carbocycles. The fraction of sp³-hybridized carbons (Fsp3) is 0.731. The van der Waals surface area contributed by atoms with Gasteiger partial charge in [0.1, 0.15) is 23.6 Å². The average molecular weight is 637 g/mol. The monoisotopic (exact) mass is 636 g/mol. The average Bonchev–Trinajstić information content (AvgIpc) is 2.84. The molecule has 17 heteroatoms. The van der Waals surface area contributed by atoms with Gasteiger partial charge in [-0.1, -0.05) is 11.8 Å². The molecule has 0 spiro atoms. The fourth-order valence-electron chi connectivity index (χ4n) is 4.51. The first kappa shape index (κ1) is 35.8. The molecule has 0 N–H and O–H groups in total. The first-order valence-corrected chi connectivity index (χ1v) is 14.1. The van der Waals surface area contributed by atoms with E-state index in [1.54, 1.807) is 0 Å². The van der Waals surface area contributed by atoms with E-state index < -0.39 is 108 Å². The summed E-state index contributed by atoms with van der Waals surface area (Å²) in [6.45, 7) is 8.79. The lowest BCUT2D eigenvalue weighted by atomic mass is 9.99. The van der Waals surface area contributed by atoms with Crippen molar-refractivity contribution in [2.75, 3.05) is 6.61 Å². The maximum Gasteiger partial charge on any atom is 0.303 e. The highest BCUT2D eigenvalue weighted by Gasteiger charge is 2.56. The van der Waals surface area contributed by atoms with Crippen LogP contribution in [-0.4, -0.2) is 108 Å². The normalized spacial score (nSPS) is 31.9. The zero-order valence-corrected chi connectivity index (χ0v) is 25.7. The van der Waals surface area contributed by atoms with E-state index in [0.29, 0.717) is 0 Å². The van der Waals surface area contributed by atoms with E-state index >= 15 is 0 Å². The second-order valence-electron chi connectivity index (χ2n) is 9.64. The third kappa shape index (κ3) is 10.7. The lowest BCUT2D eigenvalue weighted by molar-refractivity contribution is -0.240. The Morgan fingerprint density at radius 1 is 0.488 bits per heavy atom. The number of hydrogen-bond acceptors (Lipinski definition) is 17. The molecule has 242 valence electrons. The smallest absolute Gasteiger partial charge is 0.303 e. The molecule has 0 aliphatic carbocycles. The van der Waals surface area contributed by atoms with Gasteiger partial charge in [-0.05, 0) is 6.92 Å². The zero-order valence-electron chi connectivity index (χ0n) is 24.9. The maximum atomic E-state index is 12.2. The van der Waals surface area contributed by atoms with Crippen molar-refractivity contribution in [2.45, 2.75) is 115 Å². The van der Waals surface area contributed by atoms with Gasteiger partial charge in [-0.25, -0.2) is 0 Å². The molecule has 0 bridgehead atoms. The van der Waals surface area contributed by atoms with Gasteiger partial charge in [0.05, 0.1) is 6.10 Å². The molecule has 0 aromatic carbocycles. The van der Waals surface area contributed by atoms with Gasteiger partial charge in [0.15, 0.2) is 36.6 Å². The Labute approximate surface area is 251 Å². The molecule has 10 atom stereocenters. The van der Waals surface area contributed by atoms with Crippen LogP contribution in [0.15, 0.2) is 0 Å². The van der Waals surface area contributed by atoms with Gasteiger partial charge in [-0.2, -0.15) is 0 Å². The van der Waals surface area contributed by atoms with E-state index in [0.717, 1.165) is 60.2 Å². The molecule has 16 nitrogen and oxygen atoms in total. The zero-order chi connectivity index (χ0) is 32.6. The molecule has 2 fully saturated rings. The van der Waals surface area contributed by atoms with Crippen LogP contribution in [0, 0.1) is 0 Å². The number of thioether (sulfide) groups is 1. The van der Waals surface area contributed by atoms with Crippen molar-refractivity contribution < 1.29 is 76.2 Å². The third-order valence-electron chi connectivity index (χ3n) is 5.85. The summed E-state index contributed by atoms with van der Waals surface area (Å²) in [5.41, 5.74) is -2.53. The van der Waals surface area contributed by atoms with E-state index in [9.17, 15) is 33.6 Å². The van der Waals surface area contributed by atoms with Gasteiger partial charge in [-0.15, -0.1) is 0 Å². The molecular weight excluding hydrogens is 600 g/mol. The number of esters is 7. The second kappa shape index (κ2) is 15.9. The summed E-state index contributed by atoms with van der Waals surface area (Å²) in [4.78, 5) is 83.9. The molecule has 43 heavy (non-hydrogen) atoms. The molecule has 0 radical (unpaired) electrons. The fourth-order valence-corrected chi connectivity index (χ4v) is 5.95. The van der Waals surface area contributed by atoms with Crippen LogP contribution in [-0.2, 0) is 76.2 Å². The SMILES string of the molecule is CC(=O)OC[C@H]1O[C@@H](S[C@H]2O[C@@H](C)[C@H](OC(C)=O)[C@@H](OC(C)=O)[C@H]2OC(C)=O)[C@H](OC(C)=O)[C@@H](OC(C)=O)[C@H]1OC(C)=O. The van der Waals surface area contributed by atoms with Crippen LogP contribution in [0.2, 0.25) is 0 Å². The minimum atomic E-state index is -1.46. The Hall–Kier alpha value is -3.44. The van der Waals surface area contributed by atoms with E-state index in [2.05, 4.69) is 0 Å². The Morgan fingerprint density at radius 3 is 1.26 bits per heavy atom. The summed E-state index contributed by atoms with van der Waals surface area (Å²) in [5, 5.41) is 0. The van der Waals surface area contributed by atoms with Gasteiger partial charge < -0.3 is 42.6 Å². The molecule has 0 aromatic rings. The van der Waals surface area contributed by atoms with Crippen LogP contribution in [0.25, 0.3) is 0 Å². The molecule has 0 aromatic heterocycles. The topological polar surface area (TPSA) is 203 Å². The van der Waals surface area contributed by atoms with Crippen LogP contribution in [0.5, 0.6) is 0 Å². The quantitative estimate of drug-likeness (QED) is 0.234. The van der Waals surface area contributed by atoms with Crippen molar-refractivity contribution in [2.24, 2.45) is 0 Å². The van der Waals surface area contributed by atoms with Crippen molar-refractivity contribution in [1.29, 1.82) is 0 Å². The van der Waals surface area contributed by atoms with Crippen molar-refractivity contribution in [3.63, 3.8) is 0 Å². The Kier molecular flexibility index (Phi) is 13.2. The molecule has 0 amide bonds. The van der Waals surface area contributed by atoms with Crippen molar-refractivity contribution in [3.05, 3.63) is 0 Å². The van der Waals surface area contributed by atoms with Crippen LogP contribution in [0.1, 0.15) is 55.4 Å². The van der Waals surface area contributed by atoms with Gasteiger partial charge in [0.2, 0.25) is 0 Å². The van der Waals surface area contributed by atoms with Crippen molar-refractivity contribution in [1.82, 2.24) is 0 Å². The number of carbonyl (C=O) groups is 7. The molecule has 0 unspecified atom stereocenters. The highest BCUT2D eigenvalue weighted by Crippen LogP contribution is 2.41. The largest absolute Gasteiger partial charge is 0.463 e. The lowest BCUT2D eigenvalue weighted by Crippen LogP contribution is -2.63. The predicted octanol–water partition coefficient (Wildman–Crippen LogP) is 0.343. The van der Waals surface area contributed by atoms with E-state index in [-0.39, 0.29) is 0 Å². The molecule has 2 aliphatic heterocycles. The van der Waals surface area contributed by atoms with Crippen molar-refractivity contribution in [3.8, 4) is 0 Å². The Balaban J connectivity index is 2.59. The first-order chi connectivity index (χ1) is 20.0. The molecule has 2 aliphatic rings. The van der Waals surface area contributed by atoms with E-state index in [1.165, 1.54) is 6.92 Å². The van der Waals surface area contributed by atoms with Gasteiger partial charge in [0.25, 0.3) is 0 Å². The lowest BCUT2D eigenvalue weighted by Gasteiger charge is -2.47. The van der Waals surface area contributed by atoms with Gasteiger partial charge in [-0.3, -0.25) is 33.6 Å². The number of carbonyl (C=O) groups excluding carboxylic acids is 7. The summed E-state index contributed by atoms with van der Waals surface area (Å²) in [6.07, 6.45) is -10.4. The van der Waals surface area contributed by atoms with E-state index in [1.807, 2.05) is 0 Å². The minimum absolute atomic E-state index is 0.463. The summed E-state index contributed by atoms with van der Waals surface area (Å²) in [6, 6.07) is 0. The van der Waals surface area contributed by atoms with E-state index in [4.69, 9.17) is 42.6 Å². The summed E-state index contributed by atoms with van der Waals surface area (Å²) >= 11 is 0.784. The molecule has 2 rings (SSSR count). The predicted molar refractivity (Wildman–Crippen MR) is 141 cm³/mol. The third-order valence-corrected chi connectivity index (χ3v) is 7.15. The highest BCUT2D eigenvalue weighted by molar-refractivity contribution is 8.00. The standard InChI is InChI=1S/C26H36O16S/c1-10-19(36-12(3)28)21(38-14(5)30)23(40-16(7)32)25(35-10)43-26-24(41-17(8)33)22(39-15(6)31)20(37-13(4)29)18(42-26)9-34-11(2)27/h10,18-26H,9H2,1-8H3/t10-,18+,19-,20-,21+,22-,23+,24+,25+,26-/m0/s1. The first-order valence-electron chi connectivity index (χ1n) is 13.1. The van der Waals surface area contributed by atoms with Gasteiger partial charge >= 0.3 is 41.8 Å². The minimum Gasteiger partial charge on any atom is -0.463 e. The van der Waals surface area contributed by atoms with Gasteiger partial charge in [0, 0.05) is 48.5 Å². The van der Waals surface area contributed by atoms with Crippen molar-refractivity contribution >= 4 is 53.5 Å². The summed E-state index contributed by atoms with van der Waals surface area (Å²) < 4.78 is 49.7. The number of hydrogen-bond donors (Lipinski definition) is 0. The Morgan fingerprint density at radius 2 is 0.837 bits per heavy atom. The van der Waals surface area contributed by atoms with Crippen LogP contribution in [0.4, 0.5) is 0 Å². The molecular formula is C26H36O16S. The van der Waals surface area contributed by atoms with Crippen LogP contribution >= 0.6 is 11.8 Å². The number of rotatable bonds is 10. The molecule has 2 heterocycles. The Bertz CT molecular complexity index is 1080. The molecule has 2 saturated heterocycles. The van der Waals surface area contributed by atoms with Crippen LogP contribution in [0.3, 0.4) is 0 Å². The second-order valence-corrected chi connectivity index (χ2v) is 10.8. The summed E-state index contributed by atoms with van der Waals surface area (Å²) in [7, 11) is 0. The maximum absolute atomic E-state index is 12.2.